The Morgan fingerprint density at radius 1 is 1.41 bits per heavy atom. The summed E-state index contributed by atoms with van der Waals surface area (Å²) >= 11 is 5.54. The van der Waals surface area contributed by atoms with Gasteiger partial charge in [-0.2, -0.15) is 0 Å². The number of amides is 3. The van der Waals surface area contributed by atoms with E-state index in [0.717, 1.165) is 0 Å². The molecule has 0 aromatic carbocycles. The molecule has 0 bridgehead atoms. The van der Waals surface area contributed by atoms with Crippen LogP contribution in [-0.4, -0.2) is 47.9 Å². The molecule has 0 radical (unpaired) electrons. The van der Waals surface area contributed by atoms with Gasteiger partial charge < -0.3 is 5.32 Å². The third-order valence-electron chi connectivity index (χ3n) is 2.97. The van der Waals surface area contributed by atoms with Gasteiger partial charge in [-0.15, -0.1) is 11.6 Å². The van der Waals surface area contributed by atoms with E-state index in [1.165, 1.54) is 19.8 Å². The molecule has 2 unspecified atom stereocenters. The summed E-state index contributed by atoms with van der Waals surface area (Å²) in [6.07, 6.45) is 2.46. The normalized spacial score (nSPS) is 18.6. The van der Waals surface area contributed by atoms with Crippen molar-refractivity contribution in [3.63, 3.8) is 0 Å². The van der Waals surface area contributed by atoms with E-state index in [0.29, 0.717) is 12.6 Å². The molecule has 2 atom stereocenters. The molecule has 0 heterocycles. The topological polar surface area (TPSA) is 61.4 Å². The van der Waals surface area contributed by atoms with Crippen LogP contribution < -0.4 is 10.6 Å². The molecular weight excluding hydrogens is 242 g/mol. The Bertz CT molecular complexity index is 292. The maximum absolute atomic E-state index is 11.4. The Balaban J connectivity index is 2.20. The minimum Gasteiger partial charge on any atom is -0.336 e. The van der Waals surface area contributed by atoms with Crippen LogP contribution in [0.2, 0.25) is 0 Å². The number of likely N-dealkylation sites (N-methyl/N-ethyl adjacent to an activating group) is 1. The van der Waals surface area contributed by atoms with E-state index in [2.05, 4.69) is 15.5 Å². The van der Waals surface area contributed by atoms with Gasteiger partial charge in [0.2, 0.25) is 5.91 Å². The first kappa shape index (κ1) is 14.3. The second kappa shape index (κ2) is 6.21. The number of rotatable bonds is 5. The van der Waals surface area contributed by atoms with Gasteiger partial charge in [-0.3, -0.25) is 15.0 Å². The minimum atomic E-state index is -0.702. The van der Waals surface area contributed by atoms with E-state index in [-0.39, 0.29) is 6.04 Å². The van der Waals surface area contributed by atoms with Crippen LogP contribution in [0.4, 0.5) is 4.79 Å². The third-order valence-corrected chi connectivity index (χ3v) is 3.17. The monoisotopic (exact) mass is 261 g/mol. The summed E-state index contributed by atoms with van der Waals surface area (Å²) in [6.45, 7) is 4.08. The largest absolute Gasteiger partial charge is 0.336 e. The molecule has 1 saturated carbocycles. The predicted molar refractivity (Wildman–Crippen MR) is 67.1 cm³/mol. The summed E-state index contributed by atoms with van der Waals surface area (Å²) in [5.74, 6) is -0.479. The number of alkyl halides is 1. The van der Waals surface area contributed by atoms with E-state index in [9.17, 15) is 9.59 Å². The summed E-state index contributed by atoms with van der Waals surface area (Å²) in [6, 6.07) is 0.426. The lowest BCUT2D eigenvalue weighted by atomic mass is 10.3. The van der Waals surface area contributed by atoms with Gasteiger partial charge in [0.15, 0.2) is 0 Å². The van der Waals surface area contributed by atoms with Gasteiger partial charge in [0.25, 0.3) is 0 Å². The summed E-state index contributed by atoms with van der Waals surface area (Å²) < 4.78 is 0. The van der Waals surface area contributed by atoms with Crippen molar-refractivity contribution in [1.29, 1.82) is 0 Å². The first-order valence-corrected chi connectivity index (χ1v) is 6.30. The number of hydrogen-bond donors (Lipinski definition) is 2. The molecule has 6 heteroatoms. The fraction of sp³-hybridized carbons (Fsp3) is 0.818. The highest BCUT2D eigenvalue weighted by Gasteiger charge is 2.29. The zero-order valence-electron chi connectivity index (χ0n) is 10.5. The average Bonchev–Trinajstić information content (AvgIpc) is 3.08. The van der Waals surface area contributed by atoms with Crippen molar-refractivity contribution < 1.29 is 9.59 Å². The first-order valence-electron chi connectivity index (χ1n) is 5.86. The lowest BCUT2D eigenvalue weighted by molar-refractivity contribution is -0.119. The summed E-state index contributed by atoms with van der Waals surface area (Å²) in [4.78, 5) is 24.7. The van der Waals surface area contributed by atoms with Crippen LogP contribution in [-0.2, 0) is 4.79 Å². The van der Waals surface area contributed by atoms with Crippen molar-refractivity contribution >= 4 is 23.5 Å². The molecule has 1 fully saturated rings. The number of nitrogens with zero attached hydrogens (tertiary/aromatic N) is 1. The van der Waals surface area contributed by atoms with Crippen molar-refractivity contribution in [2.24, 2.45) is 0 Å². The molecule has 1 aliphatic rings. The van der Waals surface area contributed by atoms with Crippen molar-refractivity contribution in [3.8, 4) is 0 Å². The van der Waals surface area contributed by atoms with E-state index >= 15 is 0 Å². The molecule has 0 aromatic rings. The fourth-order valence-corrected chi connectivity index (χ4v) is 1.54. The third kappa shape index (κ3) is 4.91. The predicted octanol–water partition coefficient (Wildman–Crippen LogP) is 0.922. The van der Waals surface area contributed by atoms with Crippen LogP contribution in [0.15, 0.2) is 0 Å². The molecular formula is C11H20ClN3O2. The van der Waals surface area contributed by atoms with Crippen molar-refractivity contribution in [2.75, 3.05) is 13.6 Å². The number of urea groups is 1. The van der Waals surface area contributed by atoms with Gasteiger partial charge in [0.05, 0.1) is 0 Å². The number of imide groups is 1. The van der Waals surface area contributed by atoms with Gasteiger partial charge >= 0.3 is 6.03 Å². The molecule has 5 nitrogen and oxygen atoms in total. The average molecular weight is 262 g/mol. The van der Waals surface area contributed by atoms with Crippen LogP contribution in [0.3, 0.4) is 0 Å². The zero-order valence-corrected chi connectivity index (χ0v) is 11.3. The number of carbonyl (C=O) groups is 2. The molecule has 2 N–H and O–H groups in total. The summed E-state index contributed by atoms with van der Waals surface area (Å²) in [7, 11) is 2.05. The molecule has 0 aliphatic heterocycles. The molecule has 1 rings (SSSR count). The lowest BCUT2D eigenvalue weighted by Crippen LogP contribution is -2.47. The van der Waals surface area contributed by atoms with Crippen molar-refractivity contribution in [1.82, 2.24) is 15.5 Å². The Hall–Kier alpha value is -0.810. The molecule has 0 spiro atoms. The summed E-state index contributed by atoms with van der Waals surface area (Å²) in [5.41, 5.74) is 0. The Morgan fingerprint density at radius 2 is 2.00 bits per heavy atom. The van der Waals surface area contributed by atoms with Crippen molar-refractivity contribution in [3.05, 3.63) is 0 Å². The van der Waals surface area contributed by atoms with Gasteiger partial charge in [-0.25, -0.2) is 4.79 Å². The molecule has 0 aromatic heterocycles. The van der Waals surface area contributed by atoms with Crippen LogP contribution in [0.5, 0.6) is 0 Å². The van der Waals surface area contributed by atoms with Crippen LogP contribution in [0.25, 0.3) is 0 Å². The van der Waals surface area contributed by atoms with Crippen molar-refractivity contribution in [2.45, 2.75) is 44.1 Å². The maximum atomic E-state index is 11.4. The van der Waals surface area contributed by atoms with Gasteiger partial charge in [-0.1, -0.05) is 0 Å². The SMILES string of the molecule is CC(Cl)C(=O)NC(=O)NCC(C)N(C)C1CC1. The highest BCUT2D eigenvalue weighted by Crippen LogP contribution is 2.26. The van der Waals surface area contributed by atoms with Gasteiger partial charge in [0, 0.05) is 18.6 Å². The fourth-order valence-electron chi connectivity index (χ4n) is 1.48. The van der Waals surface area contributed by atoms with E-state index in [4.69, 9.17) is 11.6 Å². The highest BCUT2D eigenvalue weighted by molar-refractivity contribution is 6.31. The number of carbonyl (C=O) groups excluding carboxylic acids is 2. The lowest BCUT2D eigenvalue weighted by Gasteiger charge is -2.24. The van der Waals surface area contributed by atoms with Crippen LogP contribution in [0, 0.1) is 0 Å². The first-order chi connectivity index (χ1) is 7.91. The second-order valence-corrected chi connectivity index (χ2v) is 5.22. The maximum Gasteiger partial charge on any atom is 0.321 e. The molecule has 1 aliphatic carbocycles. The van der Waals surface area contributed by atoms with E-state index in [1.807, 2.05) is 14.0 Å². The number of hydrogen-bond acceptors (Lipinski definition) is 3. The number of nitrogens with one attached hydrogen (secondary N) is 2. The van der Waals surface area contributed by atoms with Crippen LogP contribution in [0.1, 0.15) is 26.7 Å². The quantitative estimate of drug-likeness (QED) is 0.724. The van der Waals surface area contributed by atoms with E-state index < -0.39 is 17.3 Å². The molecule has 0 saturated heterocycles. The van der Waals surface area contributed by atoms with Gasteiger partial charge in [-0.05, 0) is 33.7 Å². The Kier molecular flexibility index (Phi) is 5.21. The standard InChI is InChI=1S/C11H20ClN3O2/c1-7(15(3)9-4-5-9)6-13-11(17)14-10(16)8(2)12/h7-9H,4-6H2,1-3H3,(H2,13,14,16,17). The Labute approximate surface area is 107 Å². The Morgan fingerprint density at radius 3 is 2.47 bits per heavy atom. The molecule has 17 heavy (non-hydrogen) atoms. The molecule has 98 valence electrons. The zero-order chi connectivity index (χ0) is 13.0. The van der Waals surface area contributed by atoms with E-state index in [1.54, 1.807) is 0 Å². The van der Waals surface area contributed by atoms with Crippen LogP contribution >= 0.6 is 11.6 Å². The summed E-state index contributed by atoms with van der Waals surface area (Å²) in [5, 5.41) is 4.14. The second-order valence-electron chi connectivity index (χ2n) is 4.56. The smallest absolute Gasteiger partial charge is 0.321 e. The molecule has 3 amide bonds. The highest BCUT2D eigenvalue weighted by atomic mass is 35.5. The van der Waals surface area contributed by atoms with Gasteiger partial charge in [0.1, 0.15) is 5.38 Å². The number of halogens is 1. The minimum absolute atomic E-state index is 0.261.